The first-order valence-electron chi connectivity index (χ1n) is 16.6. The quantitative estimate of drug-likeness (QED) is 0.0759. The Morgan fingerprint density at radius 3 is 1.22 bits per heavy atom. The first-order valence-corrected chi connectivity index (χ1v) is 16.6. The van der Waals surface area contributed by atoms with E-state index in [1.165, 1.54) is 24.3 Å². The number of benzene rings is 6. The smallest absolute Gasteiger partial charge is 0.417 e. The van der Waals surface area contributed by atoms with Crippen molar-refractivity contribution in [2.24, 2.45) is 4.99 Å². The fourth-order valence-corrected chi connectivity index (χ4v) is 5.23. The summed E-state index contributed by atoms with van der Waals surface area (Å²) < 4.78 is 16.0. The summed E-state index contributed by atoms with van der Waals surface area (Å²) >= 11 is 0. The number of nitrogens with one attached hydrogen (secondary N) is 3. The van der Waals surface area contributed by atoms with Gasteiger partial charge < -0.3 is 19.3 Å². The number of aromatic hydroxyl groups is 1. The Morgan fingerprint density at radius 2 is 0.852 bits per heavy atom. The number of rotatable bonds is 11. The zero-order chi connectivity index (χ0) is 37.7. The molecule has 0 aliphatic carbocycles. The van der Waals surface area contributed by atoms with Crippen molar-refractivity contribution in [2.45, 2.75) is 12.8 Å². The summed E-state index contributed by atoms with van der Waals surface area (Å²) in [7, 11) is 0. The second-order valence-electron chi connectivity index (χ2n) is 11.8. The van der Waals surface area contributed by atoms with Crippen molar-refractivity contribution in [3.63, 3.8) is 0 Å². The first kappa shape index (κ1) is 36.1. The SMILES string of the molecule is O=C=Nc1ccc(Cc2ccc(NC(=O)Oc3cccc(OC(=O)Nc4ccc(Cc5ccc(NC(=O)Oc6cccc(O)c6)cc5)cc4)c3)cc2)cc1. The van der Waals surface area contributed by atoms with Gasteiger partial charge in [0.2, 0.25) is 6.08 Å². The lowest BCUT2D eigenvalue weighted by molar-refractivity contribution is 0.212. The van der Waals surface area contributed by atoms with E-state index in [4.69, 9.17) is 14.2 Å². The highest BCUT2D eigenvalue weighted by Crippen LogP contribution is 2.23. The van der Waals surface area contributed by atoms with Crippen molar-refractivity contribution in [3.8, 4) is 23.0 Å². The van der Waals surface area contributed by atoms with Crippen LogP contribution in [0, 0.1) is 0 Å². The zero-order valence-electron chi connectivity index (χ0n) is 28.5. The topological polar surface area (TPSA) is 165 Å². The number of ether oxygens (including phenoxy) is 3. The van der Waals surface area contributed by atoms with Crippen LogP contribution in [0.25, 0.3) is 0 Å². The van der Waals surface area contributed by atoms with Crippen LogP contribution in [0.1, 0.15) is 22.3 Å². The van der Waals surface area contributed by atoms with Crippen LogP contribution in [-0.2, 0) is 17.6 Å². The fourth-order valence-electron chi connectivity index (χ4n) is 5.23. The van der Waals surface area contributed by atoms with Gasteiger partial charge in [-0.2, -0.15) is 4.99 Å². The Labute approximate surface area is 309 Å². The second-order valence-corrected chi connectivity index (χ2v) is 11.8. The van der Waals surface area contributed by atoms with Crippen molar-refractivity contribution in [1.29, 1.82) is 0 Å². The lowest BCUT2D eigenvalue weighted by Crippen LogP contribution is -2.18. The van der Waals surface area contributed by atoms with E-state index in [1.807, 2.05) is 48.5 Å². The minimum atomic E-state index is -0.722. The molecule has 0 heterocycles. The average Bonchev–Trinajstić information content (AvgIpc) is 3.15. The zero-order valence-corrected chi connectivity index (χ0v) is 28.5. The van der Waals surface area contributed by atoms with Gasteiger partial charge in [0.25, 0.3) is 0 Å². The van der Waals surface area contributed by atoms with E-state index in [9.17, 15) is 24.3 Å². The van der Waals surface area contributed by atoms with Crippen LogP contribution in [0.3, 0.4) is 0 Å². The van der Waals surface area contributed by atoms with Gasteiger partial charge in [-0.05, 0) is 108 Å². The Morgan fingerprint density at radius 1 is 0.500 bits per heavy atom. The van der Waals surface area contributed by atoms with Crippen LogP contribution in [0.2, 0.25) is 0 Å². The molecule has 6 rings (SSSR count). The number of hydrogen-bond acceptors (Lipinski definition) is 9. The minimum absolute atomic E-state index is 0.00368. The molecular formula is C42H32N4O8. The molecule has 0 unspecified atom stereocenters. The van der Waals surface area contributed by atoms with Crippen LogP contribution >= 0.6 is 0 Å². The molecule has 0 fully saturated rings. The molecule has 3 amide bonds. The molecule has 0 saturated carbocycles. The molecule has 268 valence electrons. The Hall–Kier alpha value is -7.69. The van der Waals surface area contributed by atoms with Crippen LogP contribution in [-0.4, -0.2) is 29.5 Å². The monoisotopic (exact) mass is 720 g/mol. The molecule has 6 aromatic carbocycles. The van der Waals surface area contributed by atoms with Crippen molar-refractivity contribution in [1.82, 2.24) is 0 Å². The number of isocyanates is 1. The van der Waals surface area contributed by atoms with Gasteiger partial charge in [-0.25, -0.2) is 19.2 Å². The molecule has 12 nitrogen and oxygen atoms in total. The fraction of sp³-hybridized carbons (Fsp3) is 0.0476. The van der Waals surface area contributed by atoms with Gasteiger partial charge in [0.15, 0.2) is 0 Å². The number of phenolic OH excluding ortho intramolecular Hbond substituents is 1. The third-order valence-electron chi connectivity index (χ3n) is 7.78. The van der Waals surface area contributed by atoms with E-state index in [1.54, 1.807) is 78.9 Å². The van der Waals surface area contributed by atoms with Crippen molar-refractivity contribution in [3.05, 3.63) is 168 Å². The van der Waals surface area contributed by atoms with Gasteiger partial charge >= 0.3 is 18.3 Å². The predicted molar refractivity (Wildman–Crippen MR) is 203 cm³/mol. The summed E-state index contributed by atoms with van der Waals surface area (Å²) in [5.41, 5.74) is 6.20. The molecule has 6 aromatic rings. The summed E-state index contributed by atoms with van der Waals surface area (Å²) in [6.45, 7) is 0. The van der Waals surface area contributed by atoms with E-state index in [-0.39, 0.29) is 23.0 Å². The maximum atomic E-state index is 12.6. The van der Waals surface area contributed by atoms with Crippen LogP contribution in [0.15, 0.2) is 151 Å². The highest BCUT2D eigenvalue weighted by atomic mass is 16.6. The number of carbonyl (C=O) groups excluding carboxylic acids is 4. The largest absolute Gasteiger partial charge is 0.508 e. The summed E-state index contributed by atoms with van der Waals surface area (Å²) in [4.78, 5) is 51.3. The molecule has 0 aliphatic heterocycles. The standard InChI is InChI=1S/C42H32N4O8/c47-27-43-32-15-7-28(8-16-32)23-29-9-19-34(20-10-29)45-41(50)53-38-5-2-6-39(26-38)54-42(51)46-35-21-13-31(14-22-35)24-30-11-17-33(18-12-30)44-40(49)52-37-4-1-3-36(48)25-37/h1-22,25-26,48H,23-24H2,(H,44,49)(H,45,50)(H,46,51). The highest BCUT2D eigenvalue weighted by Gasteiger charge is 2.11. The molecule has 0 radical (unpaired) electrons. The third kappa shape index (κ3) is 10.9. The summed E-state index contributed by atoms with van der Waals surface area (Å²) in [6.07, 6.45) is 0.674. The van der Waals surface area contributed by atoms with Crippen molar-refractivity contribution < 1.29 is 38.5 Å². The average molecular weight is 721 g/mol. The Balaban J connectivity index is 0.934. The maximum Gasteiger partial charge on any atom is 0.417 e. The summed E-state index contributed by atoms with van der Waals surface area (Å²) in [5.74, 6) is 0.575. The van der Waals surface area contributed by atoms with Gasteiger partial charge in [0.05, 0.1) is 5.69 Å². The summed E-state index contributed by atoms with van der Waals surface area (Å²) in [6, 6.07) is 41.2. The van der Waals surface area contributed by atoms with E-state index in [0.717, 1.165) is 22.3 Å². The molecule has 54 heavy (non-hydrogen) atoms. The number of hydrogen-bond donors (Lipinski definition) is 4. The van der Waals surface area contributed by atoms with Gasteiger partial charge in [0, 0.05) is 29.2 Å². The molecule has 0 aromatic heterocycles. The lowest BCUT2D eigenvalue weighted by Gasteiger charge is -2.10. The molecule has 0 saturated heterocycles. The molecule has 0 bridgehead atoms. The van der Waals surface area contributed by atoms with E-state index < -0.39 is 18.3 Å². The van der Waals surface area contributed by atoms with Crippen LogP contribution in [0.4, 0.5) is 37.1 Å². The Kier molecular flexibility index (Phi) is 11.7. The number of phenols is 1. The number of aliphatic imine (C=N–C) groups is 1. The highest BCUT2D eigenvalue weighted by molar-refractivity contribution is 5.88. The molecule has 0 spiro atoms. The van der Waals surface area contributed by atoms with Gasteiger partial charge in [-0.1, -0.05) is 60.7 Å². The van der Waals surface area contributed by atoms with E-state index in [2.05, 4.69) is 20.9 Å². The number of amides is 3. The number of carbonyl (C=O) groups is 3. The third-order valence-corrected chi connectivity index (χ3v) is 7.78. The van der Waals surface area contributed by atoms with Crippen LogP contribution in [0.5, 0.6) is 23.0 Å². The molecule has 0 aliphatic rings. The van der Waals surface area contributed by atoms with Gasteiger partial charge in [-0.3, -0.25) is 16.0 Å². The minimum Gasteiger partial charge on any atom is -0.508 e. The lowest BCUT2D eigenvalue weighted by atomic mass is 10.0. The van der Waals surface area contributed by atoms with Crippen molar-refractivity contribution >= 4 is 47.1 Å². The first-order chi connectivity index (χ1) is 26.3. The molecular weight excluding hydrogens is 688 g/mol. The van der Waals surface area contributed by atoms with E-state index >= 15 is 0 Å². The Bertz CT molecular complexity index is 2290. The van der Waals surface area contributed by atoms with Gasteiger partial charge in [0.1, 0.15) is 23.0 Å². The van der Waals surface area contributed by atoms with Gasteiger partial charge in [-0.15, -0.1) is 0 Å². The predicted octanol–water partition coefficient (Wildman–Crippen LogP) is 9.37. The molecule has 0 atom stereocenters. The number of nitrogens with zero attached hydrogens (tertiary/aromatic N) is 1. The maximum absolute atomic E-state index is 12.6. The number of anilines is 3. The van der Waals surface area contributed by atoms with Crippen LogP contribution < -0.4 is 30.2 Å². The molecule has 12 heteroatoms. The summed E-state index contributed by atoms with van der Waals surface area (Å²) in [5, 5.41) is 17.5. The molecule has 4 N–H and O–H groups in total. The van der Waals surface area contributed by atoms with Crippen molar-refractivity contribution in [2.75, 3.05) is 16.0 Å². The van der Waals surface area contributed by atoms with E-state index in [0.29, 0.717) is 35.6 Å². The normalized spacial score (nSPS) is 10.3. The second kappa shape index (κ2) is 17.5.